The molecule has 0 spiro atoms. The van der Waals surface area contributed by atoms with Gasteiger partial charge in [-0.05, 0) is 50.1 Å². The molecule has 8 nitrogen and oxygen atoms in total. The highest BCUT2D eigenvalue weighted by atomic mass is 28.4. The van der Waals surface area contributed by atoms with E-state index in [-0.39, 0.29) is 35.0 Å². The molecule has 0 unspecified atom stereocenters. The SMILES string of the molecule is CCOC(=O)C[C@@H](O)CO.CCOC(=O)C[C@H](CO[Si](C)(C)C(C)(C)C)O[Si](C)(C)C(C)(C)C. The Kier molecular flexibility index (Phi) is 16.0. The third-order valence-corrected chi connectivity index (χ3v) is 15.4. The van der Waals surface area contributed by atoms with E-state index in [9.17, 15) is 9.59 Å². The summed E-state index contributed by atoms with van der Waals surface area (Å²) in [6.45, 7) is 26.4. The second-order valence-electron chi connectivity index (χ2n) is 11.4. The topological polar surface area (TPSA) is 112 Å². The largest absolute Gasteiger partial charge is 0.466 e. The monoisotopic (exact) mass is 524 g/mol. The van der Waals surface area contributed by atoms with Crippen LogP contribution in [0.25, 0.3) is 0 Å². The maximum atomic E-state index is 12.0. The Bertz CT molecular complexity index is 595. The Balaban J connectivity index is 0. The molecule has 0 aliphatic carbocycles. The average molecular weight is 525 g/mol. The van der Waals surface area contributed by atoms with Crippen molar-refractivity contribution in [3.63, 3.8) is 0 Å². The lowest BCUT2D eigenvalue weighted by Gasteiger charge is -2.41. The summed E-state index contributed by atoms with van der Waals surface area (Å²) in [6.07, 6.45) is -1.10. The number of rotatable bonds is 12. The molecule has 0 aromatic rings. The Morgan fingerprint density at radius 1 is 0.794 bits per heavy atom. The highest BCUT2D eigenvalue weighted by Gasteiger charge is 2.41. The molecule has 0 amide bonds. The van der Waals surface area contributed by atoms with Crippen molar-refractivity contribution in [2.24, 2.45) is 0 Å². The van der Waals surface area contributed by atoms with Gasteiger partial charge in [-0.1, -0.05) is 41.5 Å². The van der Waals surface area contributed by atoms with Gasteiger partial charge in [-0.3, -0.25) is 9.59 Å². The third kappa shape index (κ3) is 14.6. The lowest BCUT2D eigenvalue weighted by atomic mass is 10.2. The normalized spacial score (nSPS) is 14.5. The summed E-state index contributed by atoms with van der Waals surface area (Å²) in [6, 6.07) is 0. The molecule has 0 aromatic carbocycles. The maximum Gasteiger partial charge on any atom is 0.308 e. The second-order valence-corrected chi connectivity index (χ2v) is 21.0. The van der Waals surface area contributed by atoms with Gasteiger partial charge in [0.05, 0.1) is 51.5 Å². The first-order valence-electron chi connectivity index (χ1n) is 12.2. The number of hydrogen-bond donors (Lipinski definition) is 2. The molecule has 0 rings (SSSR count). The Morgan fingerprint density at radius 2 is 1.21 bits per heavy atom. The van der Waals surface area contributed by atoms with Crippen LogP contribution in [0.4, 0.5) is 0 Å². The van der Waals surface area contributed by atoms with Crippen molar-refractivity contribution in [3.05, 3.63) is 0 Å². The minimum atomic E-state index is -1.97. The number of aliphatic hydroxyl groups is 2. The van der Waals surface area contributed by atoms with Crippen molar-refractivity contribution in [2.75, 3.05) is 26.4 Å². The van der Waals surface area contributed by atoms with E-state index in [2.05, 4.69) is 72.5 Å². The summed E-state index contributed by atoms with van der Waals surface area (Å²) < 4.78 is 22.4. The first-order valence-corrected chi connectivity index (χ1v) is 18.0. The molecule has 2 atom stereocenters. The number of hydrogen-bond acceptors (Lipinski definition) is 8. The van der Waals surface area contributed by atoms with Gasteiger partial charge in [-0.25, -0.2) is 0 Å². The predicted octanol–water partition coefficient (Wildman–Crippen LogP) is 4.64. The van der Waals surface area contributed by atoms with Crippen LogP contribution in [0, 0.1) is 0 Å². The van der Waals surface area contributed by atoms with E-state index in [4.69, 9.17) is 23.8 Å². The fourth-order valence-electron chi connectivity index (χ4n) is 2.13. The van der Waals surface area contributed by atoms with Gasteiger partial charge < -0.3 is 28.5 Å². The summed E-state index contributed by atoms with van der Waals surface area (Å²) in [4.78, 5) is 22.5. The van der Waals surface area contributed by atoms with Gasteiger partial charge in [0.25, 0.3) is 0 Å². The quantitative estimate of drug-likeness (QED) is 0.280. The standard InChI is InChI=1S/C18H40O4Si2.C6H12O4/c1-12-20-16(19)13-15(22-24(10,11)18(5,6)7)14-21-23(8,9)17(2,3)4;1-2-10-6(9)3-5(8)4-7/h15H,12-14H2,1-11H3;5,7-8H,2-4H2,1H3/t15-;5-/m11/s1. The molecular formula is C24H52O8Si2. The van der Waals surface area contributed by atoms with E-state index >= 15 is 0 Å². The van der Waals surface area contributed by atoms with E-state index < -0.39 is 35.3 Å². The van der Waals surface area contributed by atoms with Crippen LogP contribution in [0.1, 0.15) is 68.2 Å². The first kappa shape index (κ1) is 35.4. The molecule has 0 bridgehead atoms. The van der Waals surface area contributed by atoms with Crippen molar-refractivity contribution < 1.29 is 38.1 Å². The molecular weight excluding hydrogens is 472 g/mol. The zero-order chi connectivity index (χ0) is 27.4. The third-order valence-electron chi connectivity index (χ3n) is 6.32. The van der Waals surface area contributed by atoms with Crippen LogP contribution in [0.15, 0.2) is 0 Å². The van der Waals surface area contributed by atoms with Crippen LogP contribution < -0.4 is 0 Å². The van der Waals surface area contributed by atoms with Crippen LogP contribution in [0.2, 0.25) is 36.3 Å². The molecule has 0 aliphatic rings. The minimum Gasteiger partial charge on any atom is -0.466 e. The van der Waals surface area contributed by atoms with Crippen LogP contribution in [-0.4, -0.2) is 77.4 Å². The van der Waals surface area contributed by atoms with Gasteiger partial charge >= 0.3 is 11.9 Å². The fraction of sp³-hybridized carbons (Fsp3) is 0.917. The Hall–Kier alpha value is -0.786. The number of carbonyl (C=O) groups excluding carboxylic acids is 2. The number of esters is 2. The fourth-order valence-corrected chi connectivity index (χ4v) is 4.50. The molecule has 0 heterocycles. The van der Waals surface area contributed by atoms with E-state index in [1.54, 1.807) is 6.92 Å². The average Bonchev–Trinajstić information content (AvgIpc) is 2.65. The zero-order valence-corrected chi connectivity index (χ0v) is 25.7. The molecule has 204 valence electrons. The van der Waals surface area contributed by atoms with Gasteiger partial charge in [0.15, 0.2) is 16.6 Å². The van der Waals surface area contributed by atoms with Crippen LogP contribution in [0.5, 0.6) is 0 Å². The molecule has 0 aliphatic heterocycles. The van der Waals surface area contributed by atoms with Crippen LogP contribution >= 0.6 is 0 Å². The van der Waals surface area contributed by atoms with Gasteiger partial charge in [0.2, 0.25) is 0 Å². The van der Waals surface area contributed by atoms with E-state index in [1.807, 2.05) is 6.92 Å². The van der Waals surface area contributed by atoms with Crippen LogP contribution in [0.3, 0.4) is 0 Å². The van der Waals surface area contributed by atoms with Crippen molar-refractivity contribution in [1.29, 1.82) is 0 Å². The maximum absolute atomic E-state index is 12.0. The molecule has 10 heteroatoms. The van der Waals surface area contributed by atoms with E-state index in [0.717, 1.165) is 0 Å². The van der Waals surface area contributed by atoms with Gasteiger partial charge in [0, 0.05) is 0 Å². The molecule has 0 radical (unpaired) electrons. The molecule has 0 saturated heterocycles. The van der Waals surface area contributed by atoms with Crippen molar-refractivity contribution in [1.82, 2.24) is 0 Å². The van der Waals surface area contributed by atoms with E-state index in [1.165, 1.54) is 0 Å². The van der Waals surface area contributed by atoms with Crippen molar-refractivity contribution in [3.8, 4) is 0 Å². The zero-order valence-electron chi connectivity index (χ0n) is 23.7. The highest BCUT2D eigenvalue weighted by molar-refractivity contribution is 6.74. The summed E-state index contributed by atoms with van der Waals surface area (Å²) in [7, 11) is -3.85. The minimum absolute atomic E-state index is 0.0941. The lowest BCUT2D eigenvalue weighted by molar-refractivity contribution is -0.146. The van der Waals surface area contributed by atoms with Gasteiger partial charge in [0.1, 0.15) is 0 Å². The van der Waals surface area contributed by atoms with Gasteiger partial charge in [-0.15, -0.1) is 0 Å². The lowest BCUT2D eigenvalue weighted by Crippen LogP contribution is -2.48. The van der Waals surface area contributed by atoms with Crippen molar-refractivity contribution in [2.45, 2.75) is 117 Å². The Morgan fingerprint density at radius 3 is 1.56 bits per heavy atom. The first-order chi connectivity index (χ1) is 15.2. The summed E-state index contributed by atoms with van der Waals surface area (Å²) in [5, 5.41) is 17.2. The number of ether oxygens (including phenoxy) is 2. The predicted molar refractivity (Wildman–Crippen MR) is 141 cm³/mol. The molecule has 34 heavy (non-hydrogen) atoms. The number of aliphatic hydroxyl groups excluding tert-OH is 2. The van der Waals surface area contributed by atoms with E-state index in [0.29, 0.717) is 19.8 Å². The smallest absolute Gasteiger partial charge is 0.308 e. The molecule has 2 N–H and O–H groups in total. The summed E-state index contributed by atoms with van der Waals surface area (Å²) in [5.74, 6) is -0.691. The highest BCUT2D eigenvalue weighted by Crippen LogP contribution is 2.39. The van der Waals surface area contributed by atoms with Crippen molar-refractivity contribution >= 4 is 28.6 Å². The summed E-state index contributed by atoms with van der Waals surface area (Å²) >= 11 is 0. The molecule has 0 fully saturated rings. The second kappa shape index (κ2) is 15.4. The van der Waals surface area contributed by atoms with Gasteiger partial charge in [-0.2, -0.15) is 0 Å². The van der Waals surface area contributed by atoms with Crippen LogP contribution in [-0.2, 0) is 27.9 Å². The molecule has 0 aromatic heterocycles. The number of carbonyl (C=O) groups is 2. The summed E-state index contributed by atoms with van der Waals surface area (Å²) in [5.41, 5.74) is 0. The Labute approximate surface area is 210 Å². The molecule has 0 saturated carbocycles.